The van der Waals surface area contributed by atoms with Crippen LogP contribution in [0.1, 0.15) is 22.0 Å². The normalized spacial score (nSPS) is 14.6. The zero-order valence-electron chi connectivity index (χ0n) is 12.1. The Labute approximate surface area is 137 Å². The Morgan fingerprint density at radius 1 is 1.48 bits per heavy atom. The summed E-state index contributed by atoms with van der Waals surface area (Å²) in [6.07, 6.45) is 1.88. The van der Waals surface area contributed by atoms with Crippen LogP contribution < -0.4 is 14.8 Å². The molecule has 0 saturated carbocycles. The van der Waals surface area contributed by atoms with Crippen LogP contribution in [0.5, 0.6) is 11.5 Å². The number of rotatable bonds is 5. The highest BCUT2D eigenvalue weighted by Gasteiger charge is 2.22. The van der Waals surface area contributed by atoms with Crippen LogP contribution in [0.4, 0.5) is 0 Å². The average Bonchev–Trinajstić information content (AvgIpc) is 3.12. The lowest BCUT2D eigenvalue weighted by Gasteiger charge is -2.18. The fourth-order valence-electron chi connectivity index (χ4n) is 2.78. The molecule has 1 atom stereocenters. The Morgan fingerprint density at radius 2 is 2.33 bits per heavy atom. The van der Waals surface area contributed by atoms with Gasteiger partial charge in [0.15, 0.2) is 0 Å². The summed E-state index contributed by atoms with van der Waals surface area (Å²) in [5, 5.41) is 5.47. The minimum Gasteiger partial charge on any atom is -0.496 e. The van der Waals surface area contributed by atoms with Crippen molar-refractivity contribution in [3.8, 4) is 11.5 Å². The minimum atomic E-state index is 0.225. The van der Waals surface area contributed by atoms with E-state index in [4.69, 9.17) is 9.47 Å². The number of ether oxygens (including phenoxy) is 2. The molecule has 112 valence electrons. The third kappa shape index (κ3) is 2.96. The lowest BCUT2D eigenvalue weighted by Crippen LogP contribution is -2.18. The molecular formula is C16H18BrNO2S. The Kier molecular flexibility index (Phi) is 4.52. The molecule has 0 radical (unpaired) electrons. The molecule has 3 rings (SSSR count). The fraction of sp³-hybridized carbons (Fsp3) is 0.375. The largest absolute Gasteiger partial charge is 0.496 e. The number of likely N-dealkylation sites (N-methyl/N-ethyl adjacent to an activating group) is 1. The van der Waals surface area contributed by atoms with E-state index in [1.165, 1.54) is 16.0 Å². The van der Waals surface area contributed by atoms with Crippen molar-refractivity contribution in [3.05, 3.63) is 44.1 Å². The third-order valence-corrected chi connectivity index (χ3v) is 5.26. The van der Waals surface area contributed by atoms with Gasteiger partial charge in [0.05, 0.1) is 18.6 Å². The monoisotopic (exact) mass is 367 g/mol. The molecule has 1 aliphatic rings. The highest BCUT2D eigenvalue weighted by Crippen LogP contribution is 2.38. The van der Waals surface area contributed by atoms with Crippen molar-refractivity contribution in [2.24, 2.45) is 0 Å². The maximum atomic E-state index is 5.83. The van der Waals surface area contributed by atoms with Crippen molar-refractivity contribution in [1.29, 1.82) is 0 Å². The maximum absolute atomic E-state index is 5.83. The quantitative estimate of drug-likeness (QED) is 0.867. The summed E-state index contributed by atoms with van der Waals surface area (Å²) in [5.41, 5.74) is 2.54. The number of fused-ring (bicyclic) bond motifs is 1. The van der Waals surface area contributed by atoms with Crippen molar-refractivity contribution < 1.29 is 9.47 Å². The van der Waals surface area contributed by atoms with Crippen molar-refractivity contribution >= 4 is 27.3 Å². The topological polar surface area (TPSA) is 30.5 Å². The predicted molar refractivity (Wildman–Crippen MR) is 89.7 cm³/mol. The average molecular weight is 368 g/mol. The van der Waals surface area contributed by atoms with Gasteiger partial charge >= 0.3 is 0 Å². The first kappa shape index (κ1) is 14.9. The van der Waals surface area contributed by atoms with Crippen molar-refractivity contribution in [2.45, 2.75) is 18.9 Å². The molecule has 0 spiro atoms. The van der Waals surface area contributed by atoms with Gasteiger partial charge in [-0.15, -0.1) is 11.3 Å². The van der Waals surface area contributed by atoms with Gasteiger partial charge in [0.25, 0.3) is 0 Å². The minimum absolute atomic E-state index is 0.225. The predicted octanol–water partition coefficient (Wildman–Crippen LogP) is 3.96. The zero-order chi connectivity index (χ0) is 14.8. The summed E-state index contributed by atoms with van der Waals surface area (Å²) in [6, 6.07) is 6.56. The molecule has 21 heavy (non-hydrogen) atoms. The van der Waals surface area contributed by atoms with E-state index < -0.39 is 0 Å². The van der Waals surface area contributed by atoms with Gasteiger partial charge in [-0.05, 0) is 48.2 Å². The van der Waals surface area contributed by atoms with E-state index in [2.05, 4.69) is 38.8 Å². The number of thiophene rings is 1. The molecule has 1 aliphatic heterocycles. The first-order chi connectivity index (χ1) is 10.2. The van der Waals surface area contributed by atoms with E-state index in [1.54, 1.807) is 18.4 Å². The lowest BCUT2D eigenvalue weighted by molar-refractivity contribution is 0.351. The summed E-state index contributed by atoms with van der Waals surface area (Å²) in [6.45, 7) is 0.783. The number of methoxy groups -OCH3 is 1. The zero-order valence-corrected chi connectivity index (χ0v) is 14.5. The van der Waals surface area contributed by atoms with Gasteiger partial charge in [0, 0.05) is 16.9 Å². The molecule has 1 N–H and O–H groups in total. The van der Waals surface area contributed by atoms with Crippen molar-refractivity contribution in [3.63, 3.8) is 0 Å². The number of hydrogen-bond acceptors (Lipinski definition) is 4. The number of halogens is 1. The van der Waals surface area contributed by atoms with Gasteiger partial charge in [-0.2, -0.15) is 0 Å². The van der Waals surface area contributed by atoms with Crippen LogP contribution in [-0.2, 0) is 12.8 Å². The summed E-state index contributed by atoms with van der Waals surface area (Å²) in [5.74, 6) is 2.01. The molecule has 2 aromatic rings. The molecule has 1 aromatic heterocycles. The Morgan fingerprint density at radius 3 is 3.10 bits per heavy atom. The SMILES string of the molecule is CNC(Cc1cc(Br)cc2c1OCC2)c1sccc1OC. The van der Waals surface area contributed by atoms with Gasteiger partial charge in [0.1, 0.15) is 11.5 Å². The van der Waals surface area contributed by atoms with Gasteiger partial charge in [-0.25, -0.2) is 0 Å². The van der Waals surface area contributed by atoms with Crippen LogP contribution in [0.25, 0.3) is 0 Å². The van der Waals surface area contributed by atoms with Crippen LogP contribution in [0.3, 0.4) is 0 Å². The second kappa shape index (κ2) is 6.38. The molecular weight excluding hydrogens is 350 g/mol. The Balaban J connectivity index is 1.92. The molecule has 5 heteroatoms. The van der Waals surface area contributed by atoms with Gasteiger partial charge < -0.3 is 14.8 Å². The van der Waals surface area contributed by atoms with E-state index in [9.17, 15) is 0 Å². The maximum Gasteiger partial charge on any atom is 0.134 e. The highest BCUT2D eigenvalue weighted by atomic mass is 79.9. The highest BCUT2D eigenvalue weighted by molar-refractivity contribution is 9.10. The van der Waals surface area contributed by atoms with Crippen LogP contribution in [0.2, 0.25) is 0 Å². The standard InChI is InChI=1S/C16H18BrNO2S/c1-18-13(16-14(19-2)4-6-21-16)9-11-8-12(17)7-10-3-5-20-15(10)11/h4,6-8,13,18H,3,5,9H2,1-2H3. The van der Waals surface area contributed by atoms with Gasteiger partial charge in [-0.1, -0.05) is 15.9 Å². The Hall–Kier alpha value is -1.04. The molecule has 0 amide bonds. The fourth-order valence-corrected chi connectivity index (χ4v) is 4.30. The summed E-state index contributed by atoms with van der Waals surface area (Å²) >= 11 is 5.33. The van der Waals surface area contributed by atoms with Crippen molar-refractivity contribution in [1.82, 2.24) is 5.32 Å². The van der Waals surface area contributed by atoms with Crippen LogP contribution in [0, 0.1) is 0 Å². The number of hydrogen-bond donors (Lipinski definition) is 1. The summed E-state index contributed by atoms with van der Waals surface area (Å²) < 4.78 is 12.4. The van der Waals surface area contributed by atoms with Gasteiger partial charge in [-0.3, -0.25) is 0 Å². The lowest BCUT2D eigenvalue weighted by atomic mass is 10.0. The van der Waals surface area contributed by atoms with Crippen molar-refractivity contribution in [2.75, 3.05) is 20.8 Å². The van der Waals surface area contributed by atoms with Crippen LogP contribution in [0.15, 0.2) is 28.1 Å². The number of benzene rings is 1. The van der Waals surface area contributed by atoms with E-state index >= 15 is 0 Å². The second-order valence-corrected chi connectivity index (χ2v) is 6.91. The molecule has 1 aromatic carbocycles. The summed E-state index contributed by atoms with van der Waals surface area (Å²) in [4.78, 5) is 1.23. The first-order valence-corrected chi connectivity index (χ1v) is 8.63. The van der Waals surface area contributed by atoms with Crippen LogP contribution in [-0.4, -0.2) is 20.8 Å². The smallest absolute Gasteiger partial charge is 0.134 e. The Bertz CT molecular complexity index is 641. The molecule has 0 bridgehead atoms. The molecule has 1 unspecified atom stereocenters. The molecule has 0 aliphatic carbocycles. The molecule has 2 heterocycles. The number of nitrogens with one attached hydrogen (secondary N) is 1. The molecule has 3 nitrogen and oxygen atoms in total. The van der Waals surface area contributed by atoms with E-state index in [1.807, 2.05) is 13.1 Å². The molecule has 0 fully saturated rings. The van der Waals surface area contributed by atoms with Gasteiger partial charge in [0.2, 0.25) is 0 Å². The van der Waals surface area contributed by atoms with E-state index in [-0.39, 0.29) is 6.04 Å². The third-order valence-electron chi connectivity index (χ3n) is 3.79. The summed E-state index contributed by atoms with van der Waals surface area (Å²) in [7, 11) is 3.71. The van der Waals surface area contributed by atoms with E-state index in [0.29, 0.717) is 0 Å². The first-order valence-electron chi connectivity index (χ1n) is 6.95. The van der Waals surface area contributed by atoms with E-state index in [0.717, 1.165) is 35.4 Å². The molecule has 0 saturated heterocycles. The second-order valence-electron chi connectivity index (χ2n) is 5.05. The van der Waals surface area contributed by atoms with Crippen LogP contribution >= 0.6 is 27.3 Å².